The molecule has 1 heterocycles. The molecule has 0 amide bonds. The van der Waals surface area contributed by atoms with E-state index in [9.17, 15) is 9.59 Å². The van der Waals surface area contributed by atoms with Crippen LogP contribution < -0.4 is 0 Å². The van der Waals surface area contributed by atoms with Gasteiger partial charge in [-0.15, -0.1) is 0 Å². The van der Waals surface area contributed by atoms with Crippen LogP contribution >= 0.6 is 0 Å². The van der Waals surface area contributed by atoms with Crippen LogP contribution in [0.1, 0.15) is 13.3 Å². The highest BCUT2D eigenvalue weighted by molar-refractivity contribution is 5.81. The lowest BCUT2D eigenvalue weighted by Gasteiger charge is -2.28. The summed E-state index contributed by atoms with van der Waals surface area (Å²) in [6.45, 7) is 6.06. The summed E-state index contributed by atoms with van der Waals surface area (Å²) < 4.78 is 10.5. The van der Waals surface area contributed by atoms with Crippen molar-refractivity contribution in [1.82, 2.24) is 0 Å². The van der Waals surface area contributed by atoms with Gasteiger partial charge in [0, 0.05) is 17.9 Å². The van der Waals surface area contributed by atoms with E-state index in [2.05, 4.69) is 13.5 Å². The van der Waals surface area contributed by atoms with E-state index >= 15 is 0 Å². The van der Waals surface area contributed by atoms with E-state index in [1.165, 1.54) is 6.08 Å². The highest BCUT2D eigenvalue weighted by Gasteiger charge is 2.63. The molecule has 6 atom stereocenters. The van der Waals surface area contributed by atoms with Gasteiger partial charge in [-0.2, -0.15) is 0 Å². The zero-order valence-electron chi connectivity index (χ0n) is 9.80. The topological polar surface area (TPSA) is 52.6 Å². The molecule has 2 aliphatic carbocycles. The average molecular weight is 236 g/mol. The van der Waals surface area contributed by atoms with Crippen LogP contribution in [0.25, 0.3) is 0 Å². The van der Waals surface area contributed by atoms with Gasteiger partial charge in [-0.25, -0.2) is 4.79 Å². The van der Waals surface area contributed by atoms with Gasteiger partial charge in [-0.3, -0.25) is 4.79 Å². The number of hydrogen-bond donors (Lipinski definition) is 0. The van der Waals surface area contributed by atoms with Gasteiger partial charge in [0.15, 0.2) is 0 Å². The fourth-order valence-electron chi connectivity index (χ4n) is 4.12. The highest BCUT2D eigenvalue weighted by atomic mass is 16.6. The Bertz CT molecular complexity index is 387. The SMILES string of the molecule is C=CC(=O)OC1CC2C(C)C1C1COC(=O)C21. The fraction of sp³-hybridized carbons (Fsp3) is 0.692. The van der Waals surface area contributed by atoms with E-state index in [-0.39, 0.29) is 35.8 Å². The molecule has 0 aromatic carbocycles. The van der Waals surface area contributed by atoms with Gasteiger partial charge in [0.1, 0.15) is 6.10 Å². The Morgan fingerprint density at radius 2 is 2.29 bits per heavy atom. The molecule has 0 spiro atoms. The minimum Gasteiger partial charge on any atom is -0.465 e. The Morgan fingerprint density at radius 3 is 3.00 bits per heavy atom. The third-order valence-electron chi connectivity index (χ3n) is 4.76. The summed E-state index contributed by atoms with van der Waals surface area (Å²) >= 11 is 0. The predicted molar refractivity (Wildman–Crippen MR) is 58.8 cm³/mol. The van der Waals surface area contributed by atoms with Gasteiger partial charge < -0.3 is 9.47 Å². The lowest BCUT2D eigenvalue weighted by molar-refractivity contribution is -0.147. The second-order valence-corrected chi connectivity index (χ2v) is 5.34. The van der Waals surface area contributed by atoms with Crippen molar-refractivity contribution in [2.75, 3.05) is 6.61 Å². The Balaban J connectivity index is 1.80. The normalized spacial score (nSPS) is 46.5. The summed E-state index contributed by atoms with van der Waals surface area (Å²) in [5, 5.41) is 0. The van der Waals surface area contributed by atoms with E-state index < -0.39 is 0 Å². The monoisotopic (exact) mass is 236 g/mol. The largest absolute Gasteiger partial charge is 0.465 e. The molecule has 3 fully saturated rings. The molecule has 0 N–H and O–H groups in total. The quantitative estimate of drug-likeness (QED) is 0.533. The molecule has 3 aliphatic rings. The molecule has 4 heteroatoms. The summed E-state index contributed by atoms with van der Waals surface area (Å²) in [5.41, 5.74) is 0. The minimum atomic E-state index is -0.364. The van der Waals surface area contributed by atoms with E-state index in [0.29, 0.717) is 18.4 Å². The minimum absolute atomic E-state index is 0.0497. The molecule has 92 valence electrons. The van der Waals surface area contributed by atoms with Crippen molar-refractivity contribution in [1.29, 1.82) is 0 Å². The first-order valence-corrected chi connectivity index (χ1v) is 6.13. The number of carbonyl (C=O) groups excluding carboxylic acids is 2. The van der Waals surface area contributed by atoms with Gasteiger partial charge in [0.25, 0.3) is 0 Å². The number of fused-ring (bicyclic) bond motifs is 5. The third-order valence-corrected chi connectivity index (χ3v) is 4.76. The molecule has 2 saturated carbocycles. The molecule has 1 aliphatic heterocycles. The van der Waals surface area contributed by atoms with Gasteiger partial charge in [-0.05, 0) is 18.3 Å². The van der Waals surface area contributed by atoms with Crippen molar-refractivity contribution >= 4 is 11.9 Å². The maximum Gasteiger partial charge on any atom is 0.330 e. The first kappa shape index (κ1) is 10.8. The molecule has 4 nitrogen and oxygen atoms in total. The number of esters is 2. The zero-order chi connectivity index (χ0) is 12.2. The number of ether oxygens (including phenoxy) is 2. The van der Waals surface area contributed by atoms with Gasteiger partial charge in [0.2, 0.25) is 0 Å². The first-order valence-electron chi connectivity index (χ1n) is 6.13. The molecule has 1 saturated heterocycles. The van der Waals surface area contributed by atoms with Crippen LogP contribution in [0, 0.1) is 29.6 Å². The average Bonchev–Trinajstić information content (AvgIpc) is 2.90. The number of rotatable bonds is 2. The summed E-state index contributed by atoms with van der Waals surface area (Å²) in [5.74, 6) is 0.926. The predicted octanol–water partition coefficient (Wildman–Crippen LogP) is 1.16. The van der Waals surface area contributed by atoms with Crippen molar-refractivity contribution in [2.24, 2.45) is 29.6 Å². The van der Waals surface area contributed by atoms with E-state index in [1.807, 2.05) is 0 Å². The second kappa shape index (κ2) is 3.59. The lowest BCUT2D eigenvalue weighted by atomic mass is 9.80. The summed E-state index contributed by atoms with van der Waals surface area (Å²) in [4.78, 5) is 22.9. The molecular weight excluding hydrogens is 220 g/mol. The molecule has 3 rings (SSSR count). The zero-order valence-corrected chi connectivity index (χ0v) is 9.80. The van der Waals surface area contributed by atoms with Crippen LogP contribution in [-0.2, 0) is 19.1 Å². The number of hydrogen-bond acceptors (Lipinski definition) is 4. The Hall–Kier alpha value is -1.32. The van der Waals surface area contributed by atoms with E-state index in [1.54, 1.807) is 0 Å². The Kier molecular flexibility index (Phi) is 2.28. The van der Waals surface area contributed by atoms with Gasteiger partial charge in [0.05, 0.1) is 12.5 Å². The van der Waals surface area contributed by atoms with Crippen LogP contribution in [-0.4, -0.2) is 24.6 Å². The molecule has 17 heavy (non-hydrogen) atoms. The second-order valence-electron chi connectivity index (χ2n) is 5.34. The lowest BCUT2D eigenvalue weighted by Crippen LogP contribution is -2.34. The Labute approximate surface area is 100.0 Å². The maximum absolute atomic E-state index is 11.6. The highest BCUT2D eigenvalue weighted by Crippen LogP contribution is 2.59. The van der Waals surface area contributed by atoms with Crippen molar-refractivity contribution in [2.45, 2.75) is 19.4 Å². The summed E-state index contributed by atoms with van der Waals surface area (Å²) in [6, 6.07) is 0. The molecule has 2 bridgehead atoms. The first-order chi connectivity index (χ1) is 8.13. The molecular formula is C13H16O4. The van der Waals surface area contributed by atoms with E-state index in [4.69, 9.17) is 9.47 Å². The van der Waals surface area contributed by atoms with Crippen LogP contribution in [0.4, 0.5) is 0 Å². The van der Waals surface area contributed by atoms with Crippen molar-refractivity contribution in [3.05, 3.63) is 12.7 Å². The number of cyclic esters (lactones) is 1. The standard InChI is InChI=1S/C13H16O4/c1-3-10(14)17-9-4-7-6(2)11(9)8-5-16-13(15)12(7)8/h3,6-9,11-12H,1,4-5H2,2H3. The van der Waals surface area contributed by atoms with Gasteiger partial charge >= 0.3 is 11.9 Å². The van der Waals surface area contributed by atoms with Crippen molar-refractivity contribution < 1.29 is 19.1 Å². The third kappa shape index (κ3) is 1.36. The molecule has 6 unspecified atom stereocenters. The smallest absolute Gasteiger partial charge is 0.330 e. The van der Waals surface area contributed by atoms with Gasteiger partial charge in [-0.1, -0.05) is 13.5 Å². The Morgan fingerprint density at radius 1 is 1.53 bits per heavy atom. The van der Waals surface area contributed by atoms with Crippen LogP contribution in [0.2, 0.25) is 0 Å². The van der Waals surface area contributed by atoms with Crippen LogP contribution in [0.3, 0.4) is 0 Å². The maximum atomic E-state index is 11.6. The fourth-order valence-corrected chi connectivity index (χ4v) is 4.12. The number of carbonyl (C=O) groups is 2. The van der Waals surface area contributed by atoms with Crippen molar-refractivity contribution in [3.8, 4) is 0 Å². The molecule has 0 radical (unpaired) electrons. The van der Waals surface area contributed by atoms with Crippen LogP contribution in [0.15, 0.2) is 12.7 Å². The van der Waals surface area contributed by atoms with Crippen molar-refractivity contribution in [3.63, 3.8) is 0 Å². The van der Waals surface area contributed by atoms with E-state index in [0.717, 1.165) is 6.42 Å². The summed E-state index contributed by atoms with van der Waals surface area (Å²) in [7, 11) is 0. The van der Waals surface area contributed by atoms with Crippen LogP contribution in [0.5, 0.6) is 0 Å². The summed E-state index contributed by atoms with van der Waals surface area (Å²) in [6.07, 6.45) is 1.93. The molecule has 0 aromatic rings. The molecule has 0 aromatic heterocycles.